The fraction of sp³-hybridized carbons (Fsp3) is 0. The number of aliphatic carboxylic acids is 1. The van der Waals surface area contributed by atoms with Crippen molar-refractivity contribution in [1.82, 2.24) is 5.32 Å². The number of carboxylic acid groups (broad SMARTS) is 1. The summed E-state index contributed by atoms with van der Waals surface area (Å²) >= 11 is 0. The van der Waals surface area contributed by atoms with Crippen molar-refractivity contribution in [2.75, 3.05) is 0 Å². The lowest BCUT2D eigenvalue weighted by Gasteiger charge is -2.11. The van der Waals surface area contributed by atoms with Gasteiger partial charge in [0.05, 0.1) is 11.3 Å². The van der Waals surface area contributed by atoms with Crippen molar-refractivity contribution in [3.05, 3.63) is 65.5 Å². The zero-order valence-electron chi connectivity index (χ0n) is 8.55. The fourth-order valence-electron chi connectivity index (χ4n) is 1.47. The Labute approximate surface area is 93.4 Å². The molecular weight excluding hydrogens is 202 g/mol. The minimum atomic E-state index is -0.931. The number of allylic oxidation sites excluding steroid dienone is 2. The van der Waals surface area contributed by atoms with E-state index in [1.165, 1.54) is 0 Å². The Hall–Kier alpha value is -2.29. The van der Waals surface area contributed by atoms with Crippen LogP contribution in [0.5, 0.6) is 0 Å². The van der Waals surface area contributed by atoms with Crippen LogP contribution < -0.4 is 5.32 Å². The highest BCUT2D eigenvalue weighted by Crippen LogP contribution is 2.15. The molecule has 1 heterocycles. The number of carbonyl (C=O) groups is 1. The second-order valence-electron chi connectivity index (χ2n) is 3.36. The molecule has 0 bridgehead atoms. The summed E-state index contributed by atoms with van der Waals surface area (Å²) in [6.07, 6.45) is 6.77. The first kappa shape index (κ1) is 10.2. The standard InChI is InChI=1S/C13H11NO2/c15-13(16)11-7-4-8-14-12(11)9-10-5-2-1-3-6-10/h1-9,14H,(H,15,16). The van der Waals surface area contributed by atoms with Gasteiger partial charge in [-0.15, -0.1) is 0 Å². The van der Waals surface area contributed by atoms with Crippen LogP contribution in [0.1, 0.15) is 5.56 Å². The molecule has 16 heavy (non-hydrogen) atoms. The Morgan fingerprint density at radius 1 is 1.25 bits per heavy atom. The van der Waals surface area contributed by atoms with E-state index in [0.717, 1.165) is 5.56 Å². The minimum absolute atomic E-state index is 0.270. The summed E-state index contributed by atoms with van der Waals surface area (Å²) in [7, 11) is 0. The molecule has 0 atom stereocenters. The summed E-state index contributed by atoms with van der Waals surface area (Å²) < 4.78 is 0. The van der Waals surface area contributed by atoms with Crippen LogP contribution in [0.3, 0.4) is 0 Å². The second-order valence-corrected chi connectivity index (χ2v) is 3.36. The molecule has 1 aromatic rings. The van der Waals surface area contributed by atoms with E-state index in [0.29, 0.717) is 5.70 Å². The molecule has 0 unspecified atom stereocenters. The molecule has 1 aromatic carbocycles. The Bertz CT molecular complexity index is 484. The number of carboxylic acids is 1. The lowest BCUT2D eigenvalue weighted by Crippen LogP contribution is -2.16. The van der Waals surface area contributed by atoms with Crippen molar-refractivity contribution in [1.29, 1.82) is 0 Å². The van der Waals surface area contributed by atoms with Crippen LogP contribution in [0.15, 0.2) is 60.0 Å². The van der Waals surface area contributed by atoms with Crippen LogP contribution in [0.2, 0.25) is 0 Å². The average molecular weight is 213 g/mol. The highest BCUT2D eigenvalue weighted by Gasteiger charge is 2.13. The third-order valence-electron chi connectivity index (χ3n) is 2.23. The van der Waals surface area contributed by atoms with E-state index in [4.69, 9.17) is 5.11 Å². The molecule has 3 heteroatoms. The molecule has 0 radical (unpaired) electrons. The number of hydrogen-bond acceptors (Lipinski definition) is 2. The molecule has 0 saturated carbocycles. The first-order valence-corrected chi connectivity index (χ1v) is 4.91. The van der Waals surface area contributed by atoms with Crippen molar-refractivity contribution in [2.24, 2.45) is 0 Å². The minimum Gasteiger partial charge on any atom is -0.478 e. The van der Waals surface area contributed by atoms with E-state index in [-0.39, 0.29) is 5.57 Å². The van der Waals surface area contributed by atoms with Gasteiger partial charge >= 0.3 is 5.97 Å². The molecular formula is C13H11NO2. The molecule has 80 valence electrons. The van der Waals surface area contributed by atoms with E-state index >= 15 is 0 Å². The maximum atomic E-state index is 11.0. The topological polar surface area (TPSA) is 49.3 Å². The van der Waals surface area contributed by atoms with Gasteiger partial charge in [0.1, 0.15) is 0 Å². The van der Waals surface area contributed by atoms with E-state index in [1.54, 1.807) is 18.4 Å². The quantitative estimate of drug-likeness (QED) is 0.791. The number of nitrogens with one attached hydrogen (secondary N) is 1. The normalized spacial score (nSPS) is 16.8. The molecule has 0 aliphatic carbocycles. The molecule has 0 amide bonds. The lowest BCUT2D eigenvalue weighted by atomic mass is 10.1. The molecule has 0 saturated heterocycles. The summed E-state index contributed by atoms with van der Waals surface area (Å²) in [6.45, 7) is 0. The molecule has 1 aliphatic rings. The largest absolute Gasteiger partial charge is 0.478 e. The van der Waals surface area contributed by atoms with Gasteiger partial charge in [0, 0.05) is 6.20 Å². The summed E-state index contributed by atoms with van der Waals surface area (Å²) in [5, 5.41) is 11.9. The van der Waals surface area contributed by atoms with Crippen molar-refractivity contribution in [3.63, 3.8) is 0 Å². The van der Waals surface area contributed by atoms with Gasteiger partial charge in [-0.2, -0.15) is 0 Å². The van der Waals surface area contributed by atoms with Crippen LogP contribution in [-0.2, 0) is 4.79 Å². The maximum Gasteiger partial charge on any atom is 0.337 e. The van der Waals surface area contributed by atoms with E-state index in [1.807, 2.05) is 36.4 Å². The Balaban J connectivity index is 2.34. The highest BCUT2D eigenvalue weighted by molar-refractivity contribution is 5.94. The highest BCUT2D eigenvalue weighted by atomic mass is 16.4. The smallest absolute Gasteiger partial charge is 0.337 e. The van der Waals surface area contributed by atoms with E-state index in [9.17, 15) is 4.79 Å². The third-order valence-corrected chi connectivity index (χ3v) is 2.23. The molecule has 2 N–H and O–H groups in total. The first-order valence-electron chi connectivity index (χ1n) is 4.91. The SMILES string of the molecule is O=C(O)C1=CC=CNC1=Cc1ccccc1. The van der Waals surface area contributed by atoms with Gasteiger partial charge in [0.25, 0.3) is 0 Å². The van der Waals surface area contributed by atoms with Gasteiger partial charge in [0.15, 0.2) is 0 Å². The fourth-order valence-corrected chi connectivity index (χ4v) is 1.47. The number of dihydropyridines is 1. The van der Waals surface area contributed by atoms with Crippen LogP contribution in [-0.4, -0.2) is 11.1 Å². The van der Waals surface area contributed by atoms with Crippen LogP contribution in [0.4, 0.5) is 0 Å². The first-order chi connectivity index (χ1) is 7.77. The van der Waals surface area contributed by atoms with Gasteiger partial charge in [-0.1, -0.05) is 30.3 Å². The van der Waals surface area contributed by atoms with Gasteiger partial charge in [-0.3, -0.25) is 0 Å². The van der Waals surface area contributed by atoms with Gasteiger partial charge in [-0.25, -0.2) is 4.79 Å². The maximum absolute atomic E-state index is 11.0. The Kier molecular flexibility index (Phi) is 2.87. The number of rotatable bonds is 2. The van der Waals surface area contributed by atoms with Crippen LogP contribution >= 0.6 is 0 Å². The molecule has 0 fully saturated rings. The summed E-state index contributed by atoms with van der Waals surface area (Å²) in [5.41, 5.74) is 1.83. The van der Waals surface area contributed by atoms with Gasteiger partial charge in [0.2, 0.25) is 0 Å². The zero-order chi connectivity index (χ0) is 11.4. The van der Waals surface area contributed by atoms with E-state index < -0.39 is 5.97 Å². The van der Waals surface area contributed by atoms with Crippen LogP contribution in [0, 0.1) is 0 Å². The second kappa shape index (κ2) is 4.49. The molecule has 3 nitrogen and oxygen atoms in total. The van der Waals surface area contributed by atoms with E-state index in [2.05, 4.69) is 5.32 Å². The summed E-state index contributed by atoms with van der Waals surface area (Å²) in [5.74, 6) is -0.931. The van der Waals surface area contributed by atoms with Crippen molar-refractivity contribution in [2.45, 2.75) is 0 Å². The van der Waals surface area contributed by atoms with Gasteiger partial charge in [-0.05, 0) is 23.8 Å². The monoisotopic (exact) mass is 213 g/mol. The van der Waals surface area contributed by atoms with Crippen molar-refractivity contribution < 1.29 is 9.90 Å². The van der Waals surface area contributed by atoms with Crippen LogP contribution in [0.25, 0.3) is 6.08 Å². The Morgan fingerprint density at radius 3 is 2.69 bits per heavy atom. The molecule has 0 spiro atoms. The third kappa shape index (κ3) is 2.20. The predicted octanol–water partition coefficient (Wildman–Crippen LogP) is 2.16. The van der Waals surface area contributed by atoms with Crippen molar-refractivity contribution >= 4 is 12.0 Å². The molecule has 0 aromatic heterocycles. The summed E-state index contributed by atoms with van der Waals surface area (Å²) in [6, 6.07) is 9.59. The van der Waals surface area contributed by atoms with Gasteiger partial charge < -0.3 is 10.4 Å². The average Bonchev–Trinajstić information content (AvgIpc) is 2.31. The lowest BCUT2D eigenvalue weighted by molar-refractivity contribution is -0.132. The summed E-state index contributed by atoms with van der Waals surface area (Å²) in [4.78, 5) is 11.0. The number of hydrogen-bond donors (Lipinski definition) is 2. The number of benzene rings is 1. The zero-order valence-corrected chi connectivity index (χ0v) is 8.55. The van der Waals surface area contributed by atoms with Crippen molar-refractivity contribution in [3.8, 4) is 0 Å². The predicted molar refractivity (Wildman–Crippen MR) is 62.4 cm³/mol. The Morgan fingerprint density at radius 2 is 2.00 bits per heavy atom. The molecule has 1 aliphatic heterocycles. The molecule has 2 rings (SSSR count).